The van der Waals surface area contributed by atoms with E-state index in [1.165, 1.54) is 71.0 Å². The first-order valence-corrected chi connectivity index (χ1v) is 8.64. The SMILES string of the molecule is CC1CCN(CC2(CNC3CC3)CCCC2)C(C)C1. The number of nitrogens with zero attached hydrogens (tertiary/aromatic N) is 1. The molecule has 1 heterocycles. The molecule has 3 aliphatic rings. The number of rotatable bonds is 5. The third kappa shape index (κ3) is 3.52. The van der Waals surface area contributed by atoms with E-state index in [0.29, 0.717) is 5.41 Å². The Bertz CT molecular complexity index is 292. The second kappa shape index (κ2) is 5.73. The molecule has 3 rings (SSSR count). The van der Waals surface area contributed by atoms with Crippen molar-refractivity contribution in [2.75, 3.05) is 19.6 Å². The molecule has 0 aromatic rings. The van der Waals surface area contributed by atoms with Gasteiger partial charge in [0.25, 0.3) is 0 Å². The van der Waals surface area contributed by atoms with Gasteiger partial charge in [0, 0.05) is 25.2 Å². The van der Waals surface area contributed by atoms with Gasteiger partial charge in [0.1, 0.15) is 0 Å². The van der Waals surface area contributed by atoms with Crippen LogP contribution in [0.4, 0.5) is 0 Å². The number of piperidine rings is 1. The molecular formula is C17H32N2. The number of hydrogen-bond donors (Lipinski definition) is 1. The lowest BCUT2D eigenvalue weighted by molar-refractivity contribution is 0.0713. The van der Waals surface area contributed by atoms with Gasteiger partial charge in [0.15, 0.2) is 0 Å². The summed E-state index contributed by atoms with van der Waals surface area (Å²) >= 11 is 0. The second-order valence-corrected chi connectivity index (χ2v) is 7.81. The van der Waals surface area contributed by atoms with Crippen LogP contribution in [0.5, 0.6) is 0 Å². The van der Waals surface area contributed by atoms with Crippen LogP contribution in [-0.4, -0.2) is 36.6 Å². The Hall–Kier alpha value is -0.0800. The Morgan fingerprint density at radius 1 is 1.11 bits per heavy atom. The molecule has 110 valence electrons. The van der Waals surface area contributed by atoms with Crippen LogP contribution in [0, 0.1) is 11.3 Å². The minimum Gasteiger partial charge on any atom is -0.313 e. The minimum atomic E-state index is 0.609. The zero-order valence-corrected chi connectivity index (χ0v) is 13.0. The topological polar surface area (TPSA) is 15.3 Å². The van der Waals surface area contributed by atoms with Crippen LogP contribution in [0.15, 0.2) is 0 Å². The Balaban J connectivity index is 1.57. The van der Waals surface area contributed by atoms with Crippen molar-refractivity contribution in [1.82, 2.24) is 10.2 Å². The molecule has 2 saturated carbocycles. The highest BCUT2D eigenvalue weighted by molar-refractivity contribution is 4.94. The molecule has 0 aromatic heterocycles. The van der Waals surface area contributed by atoms with Gasteiger partial charge in [-0.2, -0.15) is 0 Å². The highest BCUT2D eigenvalue weighted by atomic mass is 15.2. The lowest BCUT2D eigenvalue weighted by Gasteiger charge is -2.42. The molecule has 1 aliphatic heterocycles. The largest absolute Gasteiger partial charge is 0.313 e. The third-order valence-corrected chi connectivity index (χ3v) is 5.82. The molecular weight excluding hydrogens is 232 g/mol. The molecule has 0 amide bonds. The van der Waals surface area contributed by atoms with Crippen LogP contribution in [-0.2, 0) is 0 Å². The molecule has 2 unspecified atom stereocenters. The van der Waals surface area contributed by atoms with E-state index in [4.69, 9.17) is 0 Å². The van der Waals surface area contributed by atoms with Crippen molar-refractivity contribution in [3.05, 3.63) is 0 Å². The van der Waals surface area contributed by atoms with Gasteiger partial charge in [-0.15, -0.1) is 0 Å². The van der Waals surface area contributed by atoms with Crippen LogP contribution in [0.25, 0.3) is 0 Å². The average Bonchev–Trinajstić information content (AvgIpc) is 3.11. The molecule has 0 spiro atoms. The smallest absolute Gasteiger partial charge is 0.00697 e. The van der Waals surface area contributed by atoms with Crippen LogP contribution in [0.3, 0.4) is 0 Å². The first-order valence-electron chi connectivity index (χ1n) is 8.64. The summed E-state index contributed by atoms with van der Waals surface area (Å²) in [5.74, 6) is 0.940. The summed E-state index contributed by atoms with van der Waals surface area (Å²) in [7, 11) is 0. The van der Waals surface area contributed by atoms with Crippen LogP contribution in [0.1, 0.15) is 65.2 Å². The van der Waals surface area contributed by atoms with Gasteiger partial charge in [-0.05, 0) is 63.3 Å². The Morgan fingerprint density at radius 2 is 1.84 bits per heavy atom. The van der Waals surface area contributed by atoms with Crippen molar-refractivity contribution in [2.45, 2.75) is 77.3 Å². The monoisotopic (exact) mass is 264 g/mol. The van der Waals surface area contributed by atoms with Gasteiger partial charge in [0.2, 0.25) is 0 Å². The minimum absolute atomic E-state index is 0.609. The van der Waals surface area contributed by atoms with E-state index in [2.05, 4.69) is 24.1 Å². The van der Waals surface area contributed by atoms with Gasteiger partial charge < -0.3 is 10.2 Å². The molecule has 1 saturated heterocycles. The molecule has 0 aromatic carbocycles. The maximum atomic E-state index is 3.83. The lowest BCUT2D eigenvalue weighted by Crippen LogP contribution is -2.49. The highest BCUT2D eigenvalue weighted by Crippen LogP contribution is 2.40. The zero-order valence-electron chi connectivity index (χ0n) is 13.0. The van der Waals surface area contributed by atoms with Crippen molar-refractivity contribution in [3.63, 3.8) is 0 Å². The summed E-state index contributed by atoms with van der Waals surface area (Å²) < 4.78 is 0. The highest BCUT2D eigenvalue weighted by Gasteiger charge is 2.38. The molecule has 1 N–H and O–H groups in total. The van der Waals surface area contributed by atoms with E-state index < -0.39 is 0 Å². The normalized spacial score (nSPS) is 35.7. The van der Waals surface area contributed by atoms with Gasteiger partial charge in [0.05, 0.1) is 0 Å². The van der Waals surface area contributed by atoms with Gasteiger partial charge >= 0.3 is 0 Å². The second-order valence-electron chi connectivity index (χ2n) is 7.81. The zero-order chi connectivity index (χ0) is 13.3. The quantitative estimate of drug-likeness (QED) is 0.818. The Morgan fingerprint density at radius 3 is 2.47 bits per heavy atom. The fraction of sp³-hybridized carbons (Fsp3) is 1.00. The van der Waals surface area contributed by atoms with E-state index >= 15 is 0 Å². The van der Waals surface area contributed by atoms with Gasteiger partial charge in [-0.25, -0.2) is 0 Å². The molecule has 19 heavy (non-hydrogen) atoms. The van der Waals surface area contributed by atoms with Crippen LogP contribution < -0.4 is 5.32 Å². The van der Waals surface area contributed by atoms with Crippen molar-refractivity contribution >= 4 is 0 Å². The molecule has 3 fully saturated rings. The summed E-state index contributed by atoms with van der Waals surface area (Å²) in [5, 5.41) is 3.83. The fourth-order valence-electron chi connectivity index (χ4n) is 4.29. The molecule has 2 aliphatic carbocycles. The maximum absolute atomic E-state index is 3.83. The van der Waals surface area contributed by atoms with E-state index in [0.717, 1.165) is 18.0 Å². The van der Waals surface area contributed by atoms with Crippen molar-refractivity contribution in [1.29, 1.82) is 0 Å². The van der Waals surface area contributed by atoms with Gasteiger partial charge in [-0.3, -0.25) is 0 Å². The van der Waals surface area contributed by atoms with E-state index in [1.807, 2.05) is 0 Å². The van der Waals surface area contributed by atoms with E-state index in [-0.39, 0.29) is 0 Å². The average molecular weight is 264 g/mol. The van der Waals surface area contributed by atoms with Crippen molar-refractivity contribution in [3.8, 4) is 0 Å². The maximum Gasteiger partial charge on any atom is 0.00697 e. The van der Waals surface area contributed by atoms with Crippen LogP contribution in [0.2, 0.25) is 0 Å². The molecule has 2 heteroatoms. The van der Waals surface area contributed by atoms with E-state index in [1.54, 1.807) is 0 Å². The summed E-state index contributed by atoms with van der Waals surface area (Å²) in [4.78, 5) is 2.81. The molecule has 2 atom stereocenters. The molecule has 0 bridgehead atoms. The van der Waals surface area contributed by atoms with E-state index in [9.17, 15) is 0 Å². The Labute approximate surface area is 119 Å². The van der Waals surface area contributed by atoms with Crippen LogP contribution >= 0.6 is 0 Å². The first kappa shape index (κ1) is 13.9. The standard InChI is InChI=1S/C17H32N2/c1-14-7-10-19(15(2)11-14)13-17(8-3-4-9-17)12-18-16-5-6-16/h14-16,18H,3-13H2,1-2H3. The predicted octanol–water partition coefficient (Wildman–Crippen LogP) is 3.42. The number of hydrogen-bond acceptors (Lipinski definition) is 2. The summed E-state index contributed by atoms with van der Waals surface area (Å²) in [5.41, 5.74) is 0.609. The summed E-state index contributed by atoms with van der Waals surface area (Å²) in [6.45, 7) is 8.87. The van der Waals surface area contributed by atoms with Crippen molar-refractivity contribution < 1.29 is 0 Å². The third-order valence-electron chi connectivity index (χ3n) is 5.82. The van der Waals surface area contributed by atoms with Crippen molar-refractivity contribution in [2.24, 2.45) is 11.3 Å². The Kier molecular flexibility index (Phi) is 4.19. The predicted molar refractivity (Wildman–Crippen MR) is 81.4 cm³/mol. The summed E-state index contributed by atoms with van der Waals surface area (Å²) in [6, 6.07) is 1.68. The molecule has 2 nitrogen and oxygen atoms in total. The fourth-order valence-corrected chi connectivity index (χ4v) is 4.29. The number of nitrogens with one attached hydrogen (secondary N) is 1. The summed E-state index contributed by atoms with van der Waals surface area (Å²) in [6.07, 6.45) is 11.5. The molecule has 0 radical (unpaired) electrons. The number of likely N-dealkylation sites (tertiary alicyclic amines) is 1. The lowest BCUT2D eigenvalue weighted by atomic mass is 9.83. The first-order chi connectivity index (χ1) is 9.17. The van der Waals surface area contributed by atoms with Gasteiger partial charge in [-0.1, -0.05) is 19.8 Å².